The van der Waals surface area contributed by atoms with E-state index in [1.54, 1.807) is 24.3 Å². The zero-order valence-corrected chi connectivity index (χ0v) is 11.3. The normalized spacial score (nSPS) is 15.3. The Morgan fingerprint density at radius 2 is 2.10 bits per heavy atom. The number of carbonyl (C=O) groups excluding carboxylic acids is 2. The van der Waals surface area contributed by atoms with Gasteiger partial charge in [-0.2, -0.15) is 0 Å². The van der Waals surface area contributed by atoms with E-state index < -0.39 is 11.8 Å². The summed E-state index contributed by atoms with van der Waals surface area (Å²) < 4.78 is 5.03. The van der Waals surface area contributed by atoms with Gasteiger partial charge in [0.2, 0.25) is 0 Å². The Morgan fingerprint density at radius 3 is 2.70 bits per heavy atom. The minimum absolute atomic E-state index is 0.0325. The maximum absolute atomic E-state index is 11.7. The fourth-order valence-corrected chi connectivity index (χ4v) is 1.80. The molecule has 0 atom stereocenters. The van der Waals surface area contributed by atoms with E-state index >= 15 is 0 Å². The van der Waals surface area contributed by atoms with Crippen LogP contribution in [0.15, 0.2) is 24.3 Å². The molecule has 1 aliphatic rings. The van der Waals surface area contributed by atoms with Crippen molar-refractivity contribution in [3.63, 3.8) is 0 Å². The summed E-state index contributed by atoms with van der Waals surface area (Å²) in [5.74, 6) is -0.833. The van der Waals surface area contributed by atoms with E-state index in [0.29, 0.717) is 18.0 Å². The molecule has 3 N–H and O–H groups in total. The lowest BCUT2D eigenvalue weighted by Gasteiger charge is -2.12. The summed E-state index contributed by atoms with van der Waals surface area (Å²) in [4.78, 5) is 23.4. The molecule has 0 spiro atoms. The molecular weight excluding hydrogens is 260 g/mol. The second kappa shape index (κ2) is 5.92. The number of hydrogen-bond donors (Lipinski definition) is 3. The fraction of sp³-hybridized carbons (Fsp3) is 0.429. The molecule has 0 aliphatic heterocycles. The van der Waals surface area contributed by atoms with E-state index in [0.717, 1.165) is 12.8 Å². The smallest absolute Gasteiger partial charge is 0.313 e. The van der Waals surface area contributed by atoms with E-state index in [2.05, 4.69) is 10.6 Å². The summed E-state index contributed by atoms with van der Waals surface area (Å²) in [7, 11) is 1.53. The van der Waals surface area contributed by atoms with Crippen molar-refractivity contribution in [2.45, 2.75) is 12.8 Å². The van der Waals surface area contributed by atoms with Crippen molar-refractivity contribution in [1.29, 1.82) is 0 Å². The summed E-state index contributed by atoms with van der Waals surface area (Å²) in [6.07, 6.45) is 1.75. The fourth-order valence-electron chi connectivity index (χ4n) is 1.80. The summed E-state index contributed by atoms with van der Waals surface area (Å²) in [6, 6.07) is 6.76. The summed E-state index contributed by atoms with van der Waals surface area (Å²) in [5, 5.41) is 14.2. The molecule has 1 aromatic carbocycles. The van der Waals surface area contributed by atoms with Crippen molar-refractivity contribution in [3.05, 3.63) is 24.3 Å². The average Bonchev–Trinajstić information content (AvgIpc) is 3.25. The Hall–Kier alpha value is -2.08. The molecule has 0 heterocycles. The maximum atomic E-state index is 11.7. The third kappa shape index (κ3) is 3.48. The predicted molar refractivity (Wildman–Crippen MR) is 73.4 cm³/mol. The van der Waals surface area contributed by atoms with Gasteiger partial charge in [0.1, 0.15) is 5.75 Å². The molecule has 0 unspecified atom stereocenters. The first-order valence-electron chi connectivity index (χ1n) is 6.43. The van der Waals surface area contributed by atoms with E-state index in [1.807, 2.05) is 0 Å². The highest BCUT2D eigenvalue weighted by molar-refractivity contribution is 6.39. The molecular formula is C14H18N2O4. The number of aliphatic hydroxyl groups is 1. The van der Waals surface area contributed by atoms with Gasteiger partial charge in [-0.05, 0) is 25.0 Å². The standard InChI is InChI=1S/C14H18N2O4/c1-20-11-4-2-3-10(7-11)16-13(19)12(18)15-8-14(9-17)5-6-14/h2-4,7,17H,5-6,8-9H2,1H3,(H,15,18)(H,16,19). The highest BCUT2D eigenvalue weighted by atomic mass is 16.5. The molecule has 0 bridgehead atoms. The van der Waals surface area contributed by atoms with Crippen LogP contribution in [0.3, 0.4) is 0 Å². The number of amides is 2. The van der Waals surface area contributed by atoms with E-state index in [-0.39, 0.29) is 12.0 Å². The quantitative estimate of drug-likeness (QED) is 0.685. The molecule has 1 fully saturated rings. The van der Waals surface area contributed by atoms with E-state index in [1.165, 1.54) is 7.11 Å². The largest absolute Gasteiger partial charge is 0.497 e. The predicted octanol–water partition coefficient (Wildman–Crippen LogP) is 0.522. The van der Waals surface area contributed by atoms with Gasteiger partial charge in [-0.3, -0.25) is 9.59 Å². The number of aliphatic hydroxyl groups excluding tert-OH is 1. The minimum atomic E-state index is -0.730. The number of nitrogens with one attached hydrogen (secondary N) is 2. The van der Waals surface area contributed by atoms with Gasteiger partial charge in [-0.25, -0.2) is 0 Å². The van der Waals surface area contributed by atoms with Gasteiger partial charge >= 0.3 is 11.8 Å². The number of ether oxygens (including phenoxy) is 1. The molecule has 1 aromatic rings. The average molecular weight is 278 g/mol. The van der Waals surface area contributed by atoms with Crippen molar-refractivity contribution >= 4 is 17.5 Å². The third-order valence-electron chi connectivity index (χ3n) is 3.45. The number of methoxy groups -OCH3 is 1. The number of carbonyl (C=O) groups is 2. The van der Waals surface area contributed by atoms with Crippen molar-refractivity contribution in [3.8, 4) is 5.75 Å². The number of anilines is 1. The maximum Gasteiger partial charge on any atom is 0.313 e. The summed E-state index contributed by atoms with van der Waals surface area (Å²) >= 11 is 0. The minimum Gasteiger partial charge on any atom is -0.497 e. The van der Waals surface area contributed by atoms with Crippen LogP contribution in [0, 0.1) is 5.41 Å². The number of benzene rings is 1. The second-order valence-corrected chi connectivity index (χ2v) is 5.03. The van der Waals surface area contributed by atoms with E-state index in [4.69, 9.17) is 9.84 Å². The summed E-state index contributed by atoms with van der Waals surface area (Å²) in [6.45, 7) is 0.360. The van der Waals surface area contributed by atoms with Crippen LogP contribution in [0.4, 0.5) is 5.69 Å². The van der Waals surface area contributed by atoms with Crippen LogP contribution in [0.2, 0.25) is 0 Å². The topological polar surface area (TPSA) is 87.7 Å². The Bertz CT molecular complexity index is 512. The highest BCUT2D eigenvalue weighted by Crippen LogP contribution is 2.44. The molecule has 0 radical (unpaired) electrons. The zero-order chi connectivity index (χ0) is 14.6. The Labute approximate surface area is 117 Å². The molecule has 2 amide bonds. The Morgan fingerprint density at radius 1 is 1.35 bits per heavy atom. The van der Waals surface area contributed by atoms with Crippen molar-refractivity contribution in [2.24, 2.45) is 5.41 Å². The van der Waals surface area contributed by atoms with Gasteiger partial charge in [0.15, 0.2) is 0 Å². The van der Waals surface area contributed by atoms with Gasteiger partial charge in [0.25, 0.3) is 0 Å². The number of hydrogen-bond acceptors (Lipinski definition) is 4. The number of rotatable bonds is 5. The first-order chi connectivity index (χ1) is 9.58. The van der Waals surface area contributed by atoms with Crippen molar-refractivity contribution in [1.82, 2.24) is 5.32 Å². The molecule has 0 aromatic heterocycles. The lowest BCUT2D eigenvalue weighted by molar-refractivity contribution is -0.136. The van der Waals surface area contributed by atoms with Gasteiger partial charge < -0.3 is 20.5 Å². The van der Waals surface area contributed by atoms with Gasteiger partial charge in [-0.15, -0.1) is 0 Å². The van der Waals surface area contributed by atoms with Crippen LogP contribution < -0.4 is 15.4 Å². The lowest BCUT2D eigenvalue weighted by Crippen LogP contribution is -2.39. The van der Waals surface area contributed by atoms with Gasteiger partial charge in [-0.1, -0.05) is 6.07 Å². The van der Waals surface area contributed by atoms with Crippen LogP contribution in [-0.2, 0) is 9.59 Å². The molecule has 20 heavy (non-hydrogen) atoms. The van der Waals surface area contributed by atoms with Crippen molar-refractivity contribution < 1.29 is 19.4 Å². The lowest BCUT2D eigenvalue weighted by atomic mass is 10.1. The van der Waals surface area contributed by atoms with Gasteiger partial charge in [0, 0.05) is 23.7 Å². The van der Waals surface area contributed by atoms with Crippen LogP contribution in [0.5, 0.6) is 5.75 Å². The Kier molecular flexibility index (Phi) is 4.24. The molecule has 6 nitrogen and oxygen atoms in total. The second-order valence-electron chi connectivity index (χ2n) is 5.03. The molecule has 1 saturated carbocycles. The van der Waals surface area contributed by atoms with Crippen LogP contribution >= 0.6 is 0 Å². The van der Waals surface area contributed by atoms with Crippen molar-refractivity contribution in [2.75, 3.05) is 25.6 Å². The SMILES string of the molecule is COc1cccc(NC(=O)C(=O)NCC2(CO)CC2)c1. The van der Waals surface area contributed by atoms with Crippen LogP contribution in [-0.4, -0.2) is 37.2 Å². The molecule has 0 saturated heterocycles. The van der Waals surface area contributed by atoms with E-state index in [9.17, 15) is 9.59 Å². The Balaban J connectivity index is 1.85. The molecule has 1 aliphatic carbocycles. The molecule has 108 valence electrons. The zero-order valence-electron chi connectivity index (χ0n) is 11.3. The summed E-state index contributed by atoms with van der Waals surface area (Å²) in [5.41, 5.74) is 0.277. The van der Waals surface area contributed by atoms with Crippen LogP contribution in [0.1, 0.15) is 12.8 Å². The first kappa shape index (κ1) is 14.3. The third-order valence-corrected chi connectivity index (χ3v) is 3.45. The van der Waals surface area contributed by atoms with Gasteiger partial charge in [0.05, 0.1) is 13.7 Å². The molecule has 6 heteroatoms. The monoisotopic (exact) mass is 278 g/mol. The first-order valence-corrected chi connectivity index (χ1v) is 6.43. The highest BCUT2D eigenvalue weighted by Gasteiger charge is 2.42. The molecule has 2 rings (SSSR count). The van der Waals surface area contributed by atoms with Crippen LogP contribution in [0.25, 0.3) is 0 Å².